The zero-order chi connectivity index (χ0) is 19.1. The van der Waals surface area contributed by atoms with Gasteiger partial charge in [-0.25, -0.2) is 4.39 Å². The maximum Gasteiger partial charge on any atom is 0.244 e. The van der Waals surface area contributed by atoms with Crippen molar-refractivity contribution in [1.82, 2.24) is 15.0 Å². The van der Waals surface area contributed by atoms with E-state index in [1.807, 2.05) is 18.2 Å². The summed E-state index contributed by atoms with van der Waals surface area (Å²) in [6, 6.07) is 11.6. The van der Waals surface area contributed by atoms with Gasteiger partial charge in [-0.2, -0.15) is 4.98 Å². The van der Waals surface area contributed by atoms with Crippen molar-refractivity contribution in [2.45, 2.75) is 25.1 Å². The van der Waals surface area contributed by atoms with Gasteiger partial charge in [0.15, 0.2) is 11.5 Å². The highest BCUT2D eigenvalue weighted by molar-refractivity contribution is 5.61. The number of aliphatic hydroxyl groups is 1. The molecule has 0 spiro atoms. The lowest BCUT2D eigenvalue weighted by atomic mass is 10.1. The average molecular weight is 383 g/mol. The number of aromatic nitrogens is 2. The first-order valence-corrected chi connectivity index (χ1v) is 9.06. The normalized spacial score (nSPS) is 21.4. The van der Waals surface area contributed by atoms with Gasteiger partial charge in [-0.15, -0.1) is 0 Å². The Balaban J connectivity index is 1.38. The number of β-amino-alcohol motifs (C(OH)–C–C–N with tert-alkyl or cyclic N) is 1. The van der Waals surface area contributed by atoms with Crippen molar-refractivity contribution in [3.63, 3.8) is 0 Å². The number of rotatable bonds is 4. The number of nitrogens with zero attached hydrogens (tertiary/aromatic N) is 3. The molecule has 0 amide bonds. The van der Waals surface area contributed by atoms with Crippen molar-refractivity contribution in [3.8, 4) is 22.9 Å². The molecule has 1 saturated heterocycles. The second-order valence-electron chi connectivity index (χ2n) is 6.99. The Kier molecular flexibility index (Phi) is 4.22. The topological polar surface area (TPSA) is 80.9 Å². The molecular weight excluding hydrogens is 365 g/mol. The molecule has 0 unspecified atom stereocenters. The van der Waals surface area contributed by atoms with Crippen LogP contribution in [0.5, 0.6) is 11.5 Å². The fourth-order valence-corrected chi connectivity index (χ4v) is 3.66. The zero-order valence-corrected chi connectivity index (χ0v) is 14.9. The third-order valence-corrected chi connectivity index (χ3v) is 5.04. The molecule has 2 aliphatic heterocycles. The molecule has 0 saturated carbocycles. The van der Waals surface area contributed by atoms with E-state index in [-0.39, 0.29) is 18.7 Å². The fourth-order valence-electron chi connectivity index (χ4n) is 3.66. The molecule has 28 heavy (non-hydrogen) atoms. The number of hydrogen-bond donors (Lipinski definition) is 1. The fraction of sp³-hybridized carbons (Fsp3) is 0.300. The lowest BCUT2D eigenvalue weighted by Crippen LogP contribution is -2.24. The van der Waals surface area contributed by atoms with Gasteiger partial charge in [-0.05, 0) is 42.3 Å². The van der Waals surface area contributed by atoms with Gasteiger partial charge in [0.1, 0.15) is 5.82 Å². The van der Waals surface area contributed by atoms with E-state index in [1.165, 1.54) is 12.1 Å². The molecule has 2 aromatic carbocycles. The minimum Gasteiger partial charge on any atom is -0.454 e. The molecule has 5 rings (SSSR count). The summed E-state index contributed by atoms with van der Waals surface area (Å²) in [5.41, 5.74) is 1.72. The highest BCUT2D eigenvalue weighted by Crippen LogP contribution is 2.37. The van der Waals surface area contributed by atoms with Crippen LogP contribution in [-0.2, 0) is 6.54 Å². The van der Waals surface area contributed by atoms with Crippen LogP contribution in [0.25, 0.3) is 11.4 Å². The van der Waals surface area contributed by atoms with Crippen molar-refractivity contribution in [2.24, 2.45) is 0 Å². The monoisotopic (exact) mass is 383 g/mol. The highest BCUT2D eigenvalue weighted by Gasteiger charge is 2.36. The number of fused-ring (bicyclic) bond motifs is 1. The lowest BCUT2D eigenvalue weighted by Gasteiger charge is -2.21. The quantitative estimate of drug-likeness (QED) is 0.742. The van der Waals surface area contributed by atoms with Crippen molar-refractivity contribution < 1.29 is 23.5 Å². The number of halogens is 1. The molecule has 1 N–H and O–H groups in total. The third kappa shape index (κ3) is 3.21. The van der Waals surface area contributed by atoms with Crippen LogP contribution in [0.3, 0.4) is 0 Å². The van der Waals surface area contributed by atoms with Crippen LogP contribution in [-0.4, -0.2) is 39.6 Å². The maximum atomic E-state index is 13.1. The molecule has 1 aromatic heterocycles. The molecule has 3 aromatic rings. The first-order valence-electron chi connectivity index (χ1n) is 9.06. The van der Waals surface area contributed by atoms with Crippen molar-refractivity contribution in [1.29, 1.82) is 0 Å². The summed E-state index contributed by atoms with van der Waals surface area (Å²) >= 11 is 0. The number of aliphatic hydroxyl groups excluding tert-OH is 1. The van der Waals surface area contributed by atoms with Crippen molar-refractivity contribution >= 4 is 0 Å². The zero-order valence-electron chi connectivity index (χ0n) is 14.9. The van der Waals surface area contributed by atoms with Gasteiger partial charge in [0.2, 0.25) is 18.5 Å². The van der Waals surface area contributed by atoms with Gasteiger partial charge in [0.25, 0.3) is 0 Å². The van der Waals surface area contributed by atoms with Gasteiger partial charge in [-0.3, -0.25) is 4.90 Å². The van der Waals surface area contributed by atoms with Gasteiger partial charge in [0.05, 0.1) is 12.1 Å². The first kappa shape index (κ1) is 17.2. The van der Waals surface area contributed by atoms with Crippen LogP contribution in [0, 0.1) is 5.82 Å². The average Bonchev–Trinajstić information content (AvgIpc) is 3.42. The summed E-state index contributed by atoms with van der Waals surface area (Å²) < 4.78 is 29.4. The van der Waals surface area contributed by atoms with E-state index in [0.717, 1.165) is 11.1 Å². The summed E-state index contributed by atoms with van der Waals surface area (Å²) in [7, 11) is 0. The van der Waals surface area contributed by atoms with Gasteiger partial charge in [-0.1, -0.05) is 17.3 Å². The Morgan fingerprint density at radius 3 is 2.79 bits per heavy atom. The maximum absolute atomic E-state index is 13.1. The largest absolute Gasteiger partial charge is 0.454 e. The Bertz CT molecular complexity index is 991. The summed E-state index contributed by atoms with van der Waals surface area (Å²) in [6.45, 7) is 1.25. The summed E-state index contributed by atoms with van der Waals surface area (Å²) in [6.07, 6.45) is 0.0237. The first-order chi connectivity index (χ1) is 13.7. The Hall–Kier alpha value is -2.97. The minimum absolute atomic E-state index is 0.199. The molecule has 0 aliphatic carbocycles. The number of ether oxygens (including phenoxy) is 2. The number of benzene rings is 2. The van der Waals surface area contributed by atoms with Crippen molar-refractivity contribution in [3.05, 3.63) is 59.7 Å². The number of hydrogen-bond acceptors (Lipinski definition) is 7. The standard InChI is InChI=1S/C20H18FN3O4/c21-14-4-1-12(2-5-14)9-24-10-15(25)8-16(24)20-22-19(23-28-20)13-3-6-17-18(7-13)27-11-26-17/h1-7,15-16,25H,8-11H2/t15-,16+/m1/s1. The number of likely N-dealkylation sites (tertiary alicyclic amines) is 1. The van der Waals surface area contributed by atoms with E-state index >= 15 is 0 Å². The predicted molar refractivity (Wildman–Crippen MR) is 96.0 cm³/mol. The lowest BCUT2D eigenvalue weighted by molar-refractivity contribution is 0.169. The van der Waals surface area contributed by atoms with E-state index in [9.17, 15) is 9.50 Å². The molecule has 8 heteroatoms. The van der Waals surface area contributed by atoms with E-state index in [1.54, 1.807) is 12.1 Å². The SMILES string of the molecule is O[C@@H]1C[C@@H](c2nc(-c3ccc4c(c3)OCO4)no2)N(Cc2ccc(F)cc2)C1. The molecule has 144 valence electrons. The summed E-state index contributed by atoms with van der Waals surface area (Å²) in [5, 5.41) is 14.3. The highest BCUT2D eigenvalue weighted by atomic mass is 19.1. The molecule has 7 nitrogen and oxygen atoms in total. The molecule has 3 heterocycles. The Labute approximate surface area is 160 Å². The van der Waals surface area contributed by atoms with Gasteiger partial charge >= 0.3 is 0 Å². The van der Waals surface area contributed by atoms with Gasteiger partial charge < -0.3 is 19.1 Å². The van der Waals surface area contributed by atoms with Crippen LogP contribution in [0.1, 0.15) is 23.9 Å². The molecule has 2 aliphatic rings. The van der Waals surface area contributed by atoms with Crippen LogP contribution in [0.2, 0.25) is 0 Å². The minimum atomic E-state index is -0.480. The Morgan fingerprint density at radius 2 is 1.93 bits per heavy atom. The Morgan fingerprint density at radius 1 is 1.11 bits per heavy atom. The molecule has 1 fully saturated rings. The second kappa shape index (κ2) is 6.88. The molecule has 0 bridgehead atoms. The van der Waals surface area contributed by atoms with Crippen LogP contribution in [0.4, 0.5) is 4.39 Å². The van der Waals surface area contributed by atoms with E-state index < -0.39 is 6.10 Å². The van der Waals surface area contributed by atoms with E-state index in [2.05, 4.69) is 15.0 Å². The van der Waals surface area contributed by atoms with Crippen LogP contribution in [0.15, 0.2) is 47.0 Å². The predicted octanol–water partition coefficient (Wildman–Crippen LogP) is 2.91. The summed E-state index contributed by atoms with van der Waals surface area (Å²) in [5.74, 6) is 1.98. The van der Waals surface area contributed by atoms with E-state index in [4.69, 9.17) is 14.0 Å². The molecule has 0 radical (unpaired) electrons. The third-order valence-electron chi connectivity index (χ3n) is 5.04. The second-order valence-corrected chi connectivity index (χ2v) is 6.99. The van der Waals surface area contributed by atoms with Crippen LogP contribution >= 0.6 is 0 Å². The van der Waals surface area contributed by atoms with Gasteiger partial charge in [0, 0.05) is 18.7 Å². The smallest absolute Gasteiger partial charge is 0.244 e. The van der Waals surface area contributed by atoms with Crippen molar-refractivity contribution in [2.75, 3.05) is 13.3 Å². The van der Waals surface area contributed by atoms with Crippen LogP contribution < -0.4 is 9.47 Å². The molecular formula is C20H18FN3O4. The van der Waals surface area contributed by atoms with E-state index in [0.29, 0.717) is 42.7 Å². The summed E-state index contributed by atoms with van der Waals surface area (Å²) in [4.78, 5) is 6.61. The molecule has 2 atom stereocenters.